The van der Waals surface area contributed by atoms with Crippen LogP contribution in [0.15, 0.2) is 24.3 Å². The molecule has 0 bridgehead atoms. The Morgan fingerprint density at radius 3 is 2.20 bits per heavy atom. The van der Waals surface area contributed by atoms with E-state index in [1.54, 1.807) is 12.1 Å². The molecule has 0 N–H and O–H groups in total. The van der Waals surface area contributed by atoms with Gasteiger partial charge in [-0.15, -0.1) is 0 Å². The molecule has 0 radical (unpaired) electrons. The van der Waals surface area contributed by atoms with Crippen molar-refractivity contribution in [3.05, 3.63) is 34.9 Å². The molecule has 138 valence electrons. The van der Waals surface area contributed by atoms with E-state index in [1.165, 1.54) is 64.6 Å². The molecule has 25 heavy (non-hydrogen) atoms. The minimum Gasteiger partial charge on any atom is -0.303 e. The molecule has 3 rings (SSSR count). The van der Waals surface area contributed by atoms with Crippen LogP contribution in [0.1, 0.15) is 55.3 Å². The predicted molar refractivity (Wildman–Crippen MR) is 104 cm³/mol. The molecule has 2 aliphatic heterocycles. The molecule has 3 nitrogen and oxygen atoms in total. The van der Waals surface area contributed by atoms with E-state index in [0.717, 1.165) is 24.6 Å². The van der Waals surface area contributed by atoms with Gasteiger partial charge in [0.25, 0.3) is 0 Å². The number of nitrogens with zero attached hydrogens (tertiary/aromatic N) is 2. The van der Waals surface area contributed by atoms with E-state index in [4.69, 9.17) is 11.6 Å². The van der Waals surface area contributed by atoms with Gasteiger partial charge < -0.3 is 4.90 Å². The summed E-state index contributed by atoms with van der Waals surface area (Å²) < 4.78 is 0. The summed E-state index contributed by atoms with van der Waals surface area (Å²) in [7, 11) is 0. The second-order valence-corrected chi connectivity index (χ2v) is 8.13. The molecule has 0 unspecified atom stereocenters. The largest absolute Gasteiger partial charge is 0.303 e. The smallest absolute Gasteiger partial charge is 0.176 e. The molecule has 1 aromatic carbocycles. The SMILES string of the molecule is O=C(CN1CCC(CCN2CCCCCC2)CC1)c1ccc(Cl)cc1. The van der Waals surface area contributed by atoms with Crippen LogP contribution in [0.25, 0.3) is 0 Å². The Balaban J connectivity index is 1.36. The molecular formula is C21H31ClN2O. The third kappa shape index (κ3) is 6.09. The highest BCUT2D eigenvalue weighted by Gasteiger charge is 2.22. The Labute approximate surface area is 157 Å². The molecule has 0 aliphatic carbocycles. The molecule has 2 fully saturated rings. The molecule has 0 amide bonds. The van der Waals surface area contributed by atoms with Gasteiger partial charge in [0.1, 0.15) is 0 Å². The second kappa shape index (κ2) is 9.70. The lowest BCUT2D eigenvalue weighted by molar-refractivity contribution is 0.0888. The lowest BCUT2D eigenvalue weighted by Gasteiger charge is -2.32. The molecule has 0 atom stereocenters. The van der Waals surface area contributed by atoms with Gasteiger partial charge in [-0.3, -0.25) is 9.69 Å². The second-order valence-electron chi connectivity index (χ2n) is 7.69. The van der Waals surface area contributed by atoms with Crippen molar-refractivity contribution >= 4 is 17.4 Å². The number of Topliss-reactive ketones (excluding diaryl/α,β-unsaturated/α-hetero) is 1. The zero-order valence-electron chi connectivity index (χ0n) is 15.3. The Morgan fingerprint density at radius 2 is 1.56 bits per heavy atom. The van der Waals surface area contributed by atoms with Crippen LogP contribution in [0, 0.1) is 5.92 Å². The van der Waals surface area contributed by atoms with Gasteiger partial charge >= 0.3 is 0 Å². The number of ketones is 1. The molecule has 2 saturated heterocycles. The normalized spacial score (nSPS) is 21.2. The standard InChI is InChI=1S/C21H31ClN2O/c22-20-7-5-19(6-8-20)21(25)17-24-15-10-18(11-16-24)9-14-23-12-3-1-2-4-13-23/h5-8,18H,1-4,9-17H2. The first-order valence-corrected chi connectivity index (χ1v) is 10.3. The average molecular weight is 363 g/mol. The van der Waals surface area contributed by atoms with Crippen LogP contribution in [0.5, 0.6) is 0 Å². The Kier molecular flexibility index (Phi) is 7.33. The number of halogens is 1. The van der Waals surface area contributed by atoms with E-state index in [-0.39, 0.29) is 5.78 Å². The van der Waals surface area contributed by atoms with Gasteiger partial charge in [0, 0.05) is 10.6 Å². The van der Waals surface area contributed by atoms with Crippen molar-refractivity contribution in [3.8, 4) is 0 Å². The monoisotopic (exact) mass is 362 g/mol. The Morgan fingerprint density at radius 1 is 0.920 bits per heavy atom. The maximum atomic E-state index is 12.4. The summed E-state index contributed by atoms with van der Waals surface area (Å²) in [6.45, 7) is 6.53. The number of benzene rings is 1. The lowest BCUT2D eigenvalue weighted by Crippen LogP contribution is -2.38. The zero-order valence-corrected chi connectivity index (χ0v) is 16.0. The van der Waals surface area contributed by atoms with E-state index < -0.39 is 0 Å². The first-order chi connectivity index (χ1) is 12.2. The summed E-state index contributed by atoms with van der Waals surface area (Å²) in [6, 6.07) is 7.25. The molecule has 2 aliphatic rings. The third-order valence-corrected chi connectivity index (χ3v) is 6.04. The van der Waals surface area contributed by atoms with Crippen LogP contribution in [0.3, 0.4) is 0 Å². The van der Waals surface area contributed by atoms with Gasteiger partial charge in [-0.25, -0.2) is 0 Å². The number of carbonyl (C=O) groups excluding carboxylic acids is 1. The summed E-state index contributed by atoms with van der Waals surface area (Å²) in [5.41, 5.74) is 0.771. The van der Waals surface area contributed by atoms with Gasteiger partial charge in [-0.2, -0.15) is 0 Å². The summed E-state index contributed by atoms with van der Waals surface area (Å²) >= 11 is 5.89. The van der Waals surface area contributed by atoms with Crippen LogP contribution in [0.2, 0.25) is 5.02 Å². The van der Waals surface area contributed by atoms with Crippen LogP contribution < -0.4 is 0 Å². The quantitative estimate of drug-likeness (QED) is 0.696. The van der Waals surface area contributed by atoms with Gasteiger partial charge in [0.15, 0.2) is 5.78 Å². The first-order valence-electron chi connectivity index (χ1n) is 9.94. The van der Waals surface area contributed by atoms with Crippen LogP contribution >= 0.6 is 11.6 Å². The number of hydrogen-bond donors (Lipinski definition) is 0. The highest BCUT2D eigenvalue weighted by molar-refractivity contribution is 6.30. The van der Waals surface area contributed by atoms with Crippen LogP contribution in [0.4, 0.5) is 0 Å². The molecule has 0 saturated carbocycles. The summed E-state index contributed by atoms with van der Waals surface area (Å²) in [4.78, 5) is 17.4. The molecule has 2 heterocycles. The molecule has 0 aromatic heterocycles. The maximum Gasteiger partial charge on any atom is 0.176 e. The van der Waals surface area contributed by atoms with E-state index in [0.29, 0.717) is 11.6 Å². The number of carbonyl (C=O) groups is 1. The minimum absolute atomic E-state index is 0.208. The molecule has 1 aromatic rings. The topological polar surface area (TPSA) is 23.6 Å². The highest BCUT2D eigenvalue weighted by atomic mass is 35.5. The fourth-order valence-electron chi connectivity index (χ4n) is 4.09. The van der Waals surface area contributed by atoms with Gasteiger partial charge in [-0.05, 0) is 95.0 Å². The average Bonchev–Trinajstić information content (AvgIpc) is 2.90. The van der Waals surface area contributed by atoms with Crippen molar-refractivity contribution in [2.45, 2.75) is 44.9 Å². The number of likely N-dealkylation sites (tertiary alicyclic amines) is 2. The van der Waals surface area contributed by atoms with E-state index in [2.05, 4.69) is 9.80 Å². The Hall–Kier alpha value is -0.900. The highest BCUT2D eigenvalue weighted by Crippen LogP contribution is 2.22. The summed E-state index contributed by atoms with van der Waals surface area (Å²) in [5, 5.41) is 0.682. The van der Waals surface area contributed by atoms with Crippen molar-refractivity contribution in [2.75, 3.05) is 39.3 Å². The van der Waals surface area contributed by atoms with Crippen LogP contribution in [-0.4, -0.2) is 54.9 Å². The van der Waals surface area contributed by atoms with Gasteiger partial charge in [-0.1, -0.05) is 24.4 Å². The number of hydrogen-bond acceptors (Lipinski definition) is 3. The van der Waals surface area contributed by atoms with Crippen molar-refractivity contribution < 1.29 is 4.79 Å². The summed E-state index contributed by atoms with van der Waals surface area (Å²) in [6.07, 6.45) is 9.39. The van der Waals surface area contributed by atoms with Crippen molar-refractivity contribution in [3.63, 3.8) is 0 Å². The number of rotatable bonds is 6. The van der Waals surface area contributed by atoms with Gasteiger partial charge in [0.2, 0.25) is 0 Å². The fourth-order valence-corrected chi connectivity index (χ4v) is 4.21. The zero-order chi connectivity index (χ0) is 17.5. The third-order valence-electron chi connectivity index (χ3n) is 5.79. The molecule has 0 spiro atoms. The van der Waals surface area contributed by atoms with Crippen molar-refractivity contribution in [2.24, 2.45) is 5.92 Å². The fraction of sp³-hybridized carbons (Fsp3) is 0.667. The van der Waals surface area contributed by atoms with Gasteiger partial charge in [0.05, 0.1) is 6.54 Å². The molecule has 4 heteroatoms. The lowest BCUT2D eigenvalue weighted by atomic mass is 9.93. The minimum atomic E-state index is 0.208. The predicted octanol–water partition coefficient (Wildman–Crippen LogP) is 4.50. The Bertz CT molecular complexity index is 529. The van der Waals surface area contributed by atoms with E-state index in [9.17, 15) is 4.79 Å². The van der Waals surface area contributed by atoms with E-state index >= 15 is 0 Å². The van der Waals surface area contributed by atoms with Crippen molar-refractivity contribution in [1.82, 2.24) is 9.80 Å². The van der Waals surface area contributed by atoms with Crippen molar-refractivity contribution in [1.29, 1.82) is 0 Å². The number of piperidine rings is 1. The van der Waals surface area contributed by atoms with E-state index in [1.807, 2.05) is 12.1 Å². The van der Waals surface area contributed by atoms with Crippen LogP contribution in [-0.2, 0) is 0 Å². The maximum absolute atomic E-state index is 12.4. The first kappa shape index (κ1) is 18.9. The molecular weight excluding hydrogens is 332 g/mol. The summed E-state index contributed by atoms with van der Waals surface area (Å²) in [5.74, 6) is 1.05.